The number of hydrogen-bond donors (Lipinski definition) is 2. The molecule has 1 aromatic rings. The molecular weight excluding hydrogens is 114 g/mol. The molecule has 3 nitrogen and oxygen atoms in total. The number of nitrogens with one attached hydrogen (secondary N) is 2. The number of nitrogens with zero attached hydrogens (tertiary/aromatic N) is 1. The van der Waals surface area contributed by atoms with Crippen LogP contribution in [0.25, 0.3) is 0 Å². The van der Waals surface area contributed by atoms with Crippen LogP contribution in [0.5, 0.6) is 0 Å². The first kappa shape index (κ1) is 4.99. The Kier molecular flexibility index (Phi) is 1.02. The van der Waals surface area contributed by atoms with Crippen molar-refractivity contribution in [3.8, 4) is 0 Å². The normalized spacial score (nSPS) is 17.3. The molecule has 2 N–H and O–H groups in total. The summed E-state index contributed by atoms with van der Waals surface area (Å²) in [5.74, 6) is 0. The summed E-state index contributed by atoms with van der Waals surface area (Å²) in [5.41, 5.74) is 2.55. The quantitative estimate of drug-likeness (QED) is 0.512. The molecule has 2 rings (SSSR count). The zero-order valence-electron chi connectivity index (χ0n) is 5.15. The lowest BCUT2D eigenvalue weighted by atomic mass is 10.1. The molecule has 1 aliphatic heterocycles. The third-order valence-corrected chi connectivity index (χ3v) is 1.67. The van der Waals surface area contributed by atoms with Crippen LogP contribution in [-0.4, -0.2) is 16.7 Å². The minimum Gasteiger partial charge on any atom is -0.311 e. The van der Waals surface area contributed by atoms with Crippen LogP contribution in [0.1, 0.15) is 11.3 Å². The van der Waals surface area contributed by atoms with Gasteiger partial charge < -0.3 is 5.32 Å². The number of H-pyrrole nitrogens is 1. The van der Waals surface area contributed by atoms with E-state index in [4.69, 9.17) is 0 Å². The van der Waals surface area contributed by atoms with Crippen molar-refractivity contribution in [1.82, 2.24) is 15.5 Å². The van der Waals surface area contributed by atoms with E-state index in [2.05, 4.69) is 15.5 Å². The smallest absolute Gasteiger partial charge is 0.0792 e. The second-order valence-electron chi connectivity index (χ2n) is 2.28. The summed E-state index contributed by atoms with van der Waals surface area (Å²) in [6, 6.07) is 0. The van der Waals surface area contributed by atoms with Gasteiger partial charge in [0.05, 0.1) is 5.69 Å². The topological polar surface area (TPSA) is 40.7 Å². The Labute approximate surface area is 53.5 Å². The van der Waals surface area contributed by atoms with Crippen LogP contribution in [0.2, 0.25) is 0 Å². The summed E-state index contributed by atoms with van der Waals surface area (Å²) in [6.07, 6.45) is 3.10. The third kappa shape index (κ3) is 0.733. The summed E-state index contributed by atoms with van der Waals surface area (Å²) in [5, 5.41) is 10.2. The summed E-state index contributed by atoms with van der Waals surface area (Å²) < 4.78 is 0. The molecule has 0 aromatic carbocycles. The van der Waals surface area contributed by atoms with E-state index in [9.17, 15) is 0 Å². The van der Waals surface area contributed by atoms with Crippen LogP contribution >= 0.6 is 0 Å². The maximum absolute atomic E-state index is 4.07. The number of rotatable bonds is 0. The lowest BCUT2D eigenvalue weighted by molar-refractivity contribution is 0.632. The molecule has 48 valence electrons. The van der Waals surface area contributed by atoms with E-state index >= 15 is 0 Å². The molecule has 0 aliphatic carbocycles. The predicted octanol–water partition coefficient (Wildman–Crippen LogP) is 0.0554. The molecule has 0 saturated carbocycles. The standard InChI is InChI=1S/C6H9N3/c1-2-7-4-6-5(1)3-8-9-6/h3,7H,1-2,4H2,(H,8,9). The molecule has 3 heteroatoms. The van der Waals surface area contributed by atoms with Crippen LogP contribution in [0, 0.1) is 0 Å². The van der Waals surface area contributed by atoms with Gasteiger partial charge in [0.2, 0.25) is 0 Å². The molecule has 0 unspecified atom stereocenters. The van der Waals surface area contributed by atoms with E-state index in [1.54, 1.807) is 0 Å². The zero-order chi connectivity index (χ0) is 6.10. The van der Waals surface area contributed by atoms with E-state index in [0.717, 1.165) is 19.5 Å². The van der Waals surface area contributed by atoms with Gasteiger partial charge in [-0.25, -0.2) is 0 Å². The van der Waals surface area contributed by atoms with E-state index in [1.807, 2.05) is 6.20 Å². The summed E-state index contributed by atoms with van der Waals surface area (Å²) >= 11 is 0. The maximum atomic E-state index is 4.07. The van der Waals surface area contributed by atoms with E-state index in [-0.39, 0.29) is 0 Å². The third-order valence-electron chi connectivity index (χ3n) is 1.67. The van der Waals surface area contributed by atoms with Crippen molar-refractivity contribution in [2.45, 2.75) is 13.0 Å². The molecule has 1 aromatic heterocycles. The number of hydrogen-bond acceptors (Lipinski definition) is 2. The van der Waals surface area contributed by atoms with Crippen LogP contribution in [0.3, 0.4) is 0 Å². The first-order valence-electron chi connectivity index (χ1n) is 3.19. The predicted molar refractivity (Wildman–Crippen MR) is 34.0 cm³/mol. The Morgan fingerprint density at radius 2 is 2.56 bits per heavy atom. The SMILES string of the molecule is c1[nH]nc2c1CCNC2. The van der Waals surface area contributed by atoms with Crippen molar-refractivity contribution in [1.29, 1.82) is 0 Å². The van der Waals surface area contributed by atoms with E-state index in [1.165, 1.54) is 11.3 Å². The molecule has 0 spiro atoms. The number of fused-ring (bicyclic) bond motifs is 1. The van der Waals surface area contributed by atoms with Gasteiger partial charge in [0, 0.05) is 12.7 Å². The zero-order valence-corrected chi connectivity index (χ0v) is 5.15. The number of aromatic nitrogens is 2. The van der Waals surface area contributed by atoms with Crippen LogP contribution in [0.4, 0.5) is 0 Å². The van der Waals surface area contributed by atoms with Gasteiger partial charge in [-0.05, 0) is 18.5 Å². The lowest BCUT2D eigenvalue weighted by Crippen LogP contribution is -2.22. The van der Waals surface area contributed by atoms with Gasteiger partial charge in [0.15, 0.2) is 0 Å². The fraction of sp³-hybridized carbons (Fsp3) is 0.500. The van der Waals surface area contributed by atoms with E-state index < -0.39 is 0 Å². The highest BCUT2D eigenvalue weighted by Crippen LogP contribution is 2.07. The van der Waals surface area contributed by atoms with Crippen molar-refractivity contribution < 1.29 is 0 Å². The Morgan fingerprint density at radius 3 is 3.44 bits per heavy atom. The first-order chi connectivity index (χ1) is 4.47. The number of aromatic amines is 1. The molecule has 0 fully saturated rings. The minimum absolute atomic E-state index is 0.929. The van der Waals surface area contributed by atoms with Crippen LogP contribution < -0.4 is 5.32 Å². The highest BCUT2D eigenvalue weighted by molar-refractivity contribution is 5.18. The molecule has 2 heterocycles. The van der Waals surface area contributed by atoms with Crippen LogP contribution in [-0.2, 0) is 13.0 Å². The highest BCUT2D eigenvalue weighted by atomic mass is 15.1. The van der Waals surface area contributed by atoms with Gasteiger partial charge in [-0.3, -0.25) is 5.10 Å². The Hall–Kier alpha value is -0.830. The van der Waals surface area contributed by atoms with Gasteiger partial charge in [-0.15, -0.1) is 0 Å². The second-order valence-corrected chi connectivity index (χ2v) is 2.28. The Morgan fingerprint density at radius 1 is 1.56 bits per heavy atom. The molecule has 1 aliphatic rings. The second kappa shape index (κ2) is 1.84. The van der Waals surface area contributed by atoms with E-state index in [0.29, 0.717) is 0 Å². The summed E-state index contributed by atoms with van der Waals surface area (Å²) in [7, 11) is 0. The molecular formula is C6H9N3. The van der Waals surface area contributed by atoms with Crippen molar-refractivity contribution in [3.63, 3.8) is 0 Å². The van der Waals surface area contributed by atoms with Gasteiger partial charge >= 0.3 is 0 Å². The van der Waals surface area contributed by atoms with Gasteiger partial charge in [0.25, 0.3) is 0 Å². The molecule has 0 saturated heterocycles. The molecule has 9 heavy (non-hydrogen) atoms. The molecule has 0 amide bonds. The summed E-state index contributed by atoms with van der Waals surface area (Å²) in [6.45, 7) is 2.02. The lowest BCUT2D eigenvalue weighted by Gasteiger charge is -2.09. The van der Waals surface area contributed by atoms with Crippen LogP contribution in [0.15, 0.2) is 6.20 Å². The fourth-order valence-electron chi connectivity index (χ4n) is 1.14. The molecule has 0 radical (unpaired) electrons. The van der Waals surface area contributed by atoms with Crippen molar-refractivity contribution in [2.24, 2.45) is 0 Å². The van der Waals surface area contributed by atoms with Gasteiger partial charge in [-0.1, -0.05) is 0 Å². The molecule has 0 atom stereocenters. The van der Waals surface area contributed by atoms with Crippen molar-refractivity contribution in [2.75, 3.05) is 6.54 Å². The fourth-order valence-corrected chi connectivity index (χ4v) is 1.14. The van der Waals surface area contributed by atoms with Gasteiger partial charge in [0.1, 0.15) is 0 Å². The minimum atomic E-state index is 0.929. The first-order valence-corrected chi connectivity index (χ1v) is 3.19. The maximum Gasteiger partial charge on any atom is 0.0792 e. The monoisotopic (exact) mass is 123 g/mol. The van der Waals surface area contributed by atoms with Gasteiger partial charge in [-0.2, -0.15) is 5.10 Å². The van der Waals surface area contributed by atoms with Crippen molar-refractivity contribution in [3.05, 3.63) is 17.5 Å². The average Bonchev–Trinajstić information content (AvgIpc) is 2.33. The Bertz CT molecular complexity index is 183. The molecule has 0 bridgehead atoms. The van der Waals surface area contributed by atoms with Crippen molar-refractivity contribution >= 4 is 0 Å². The Balaban J connectivity index is 2.39. The highest BCUT2D eigenvalue weighted by Gasteiger charge is 2.08. The average molecular weight is 123 g/mol. The largest absolute Gasteiger partial charge is 0.311 e. The summed E-state index contributed by atoms with van der Waals surface area (Å²) in [4.78, 5) is 0.